The number of ether oxygens (including phenoxy) is 2. The summed E-state index contributed by atoms with van der Waals surface area (Å²) in [6.45, 7) is 5.45. The second-order valence-corrected chi connectivity index (χ2v) is 8.33. The number of aryl methyl sites for hydroxylation is 1. The lowest BCUT2D eigenvalue weighted by Crippen LogP contribution is -2.44. The zero-order valence-corrected chi connectivity index (χ0v) is 20.2. The number of hydrogen-bond acceptors (Lipinski definition) is 9. The van der Waals surface area contributed by atoms with Crippen LogP contribution in [0.3, 0.4) is 0 Å². The maximum atomic E-state index is 10.5. The highest BCUT2D eigenvalue weighted by Gasteiger charge is 2.19. The highest BCUT2D eigenvalue weighted by molar-refractivity contribution is 6.32. The van der Waals surface area contributed by atoms with E-state index in [0.29, 0.717) is 28.1 Å². The van der Waals surface area contributed by atoms with Gasteiger partial charge in [-0.3, -0.25) is 0 Å². The van der Waals surface area contributed by atoms with E-state index in [0.717, 1.165) is 48.8 Å². The Labute approximate surface area is 204 Å². The number of piperazine rings is 1. The van der Waals surface area contributed by atoms with Gasteiger partial charge in [-0.15, -0.1) is 0 Å². The van der Waals surface area contributed by atoms with Crippen molar-refractivity contribution in [2.24, 2.45) is 0 Å². The quantitative estimate of drug-likeness (QED) is 0.353. The molecule has 1 aliphatic rings. The van der Waals surface area contributed by atoms with Crippen molar-refractivity contribution in [3.8, 4) is 5.75 Å². The van der Waals surface area contributed by atoms with Crippen LogP contribution < -0.4 is 25.6 Å². The fourth-order valence-electron chi connectivity index (χ4n) is 3.78. The molecule has 1 fully saturated rings. The van der Waals surface area contributed by atoms with Crippen molar-refractivity contribution in [1.29, 1.82) is 0 Å². The van der Waals surface area contributed by atoms with Gasteiger partial charge in [-0.1, -0.05) is 11.6 Å². The number of halogens is 1. The standard InChI is InChI=1S/C24H29ClN6O3/c1-15-14-27-24(30-22(15)28-17-4-6-19(25)21(13-17)33-2)29-16-5-7-20(18(12-16)23(32)34-3)31-10-8-26-9-11-31/h4-7,12-14,23,26,32H,8-11H2,1-3H3,(H2,27,28,29,30). The van der Waals surface area contributed by atoms with Crippen LogP contribution in [0.15, 0.2) is 42.6 Å². The summed E-state index contributed by atoms with van der Waals surface area (Å²) in [7, 11) is 3.06. The Morgan fingerprint density at radius 1 is 1.09 bits per heavy atom. The molecule has 9 nitrogen and oxygen atoms in total. The van der Waals surface area contributed by atoms with Crippen LogP contribution >= 0.6 is 11.6 Å². The zero-order chi connectivity index (χ0) is 24.1. The third kappa shape index (κ3) is 5.51. The van der Waals surface area contributed by atoms with E-state index >= 15 is 0 Å². The lowest BCUT2D eigenvalue weighted by atomic mass is 10.1. The van der Waals surface area contributed by atoms with Crippen LogP contribution in [0.25, 0.3) is 0 Å². The first-order valence-corrected chi connectivity index (χ1v) is 11.4. The van der Waals surface area contributed by atoms with E-state index < -0.39 is 6.29 Å². The molecule has 0 radical (unpaired) electrons. The van der Waals surface area contributed by atoms with Crippen molar-refractivity contribution in [2.75, 3.05) is 55.9 Å². The number of nitrogens with zero attached hydrogens (tertiary/aromatic N) is 3. The van der Waals surface area contributed by atoms with E-state index in [4.69, 9.17) is 21.1 Å². The van der Waals surface area contributed by atoms with Crippen molar-refractivity contribution in [3.05, 3.63) is 58.7 Å². The molecule has 4 rings (SSSR count). The van der Waals surface area contributed by atoms with Crippen LogP contribution in [0.2, 0.25) is 5.02 Å². The first-order chi connectivity index (χ1) is 16.5. The average Bonchev–Trinajstić information content (AvgIpc) is 2.87. The Kier molecular flexibility index (Phi) is 7.69. The predicted molar refractivity (Wildman–Crippen MR) is 135 cm³/mol. The van der Waals surface area contributed by atoms with Gasteiger partial charge >= 0.3 is 0 Å². The molecule has 2 heterocycles. The molecule has 0 spiro atoms. The van der Waals surface area contributed by atoms with Crippen LogP contribution in [0.5, 0.6) is 5.75 Å². The van der Waals surface area contributed by atoms with Gasteiger partial charge in [0.1, 0.15) is 11.6 Å². The molecule has 2 aromatic carbocycles. The molecule has 1 atom stereocenters. The summed E-state index contributed by atoms with van der Waals surface area (Å²) in [4.78, 5) is 11.3. The molecule has 1 unspecified atom stereocenters. The molecule has 3 aromatic rings. The molecule has 180 valence electrons. The Morgan fingerprint density at radius 3 is 2.56 bits per heavy atom. The van der Waals surface area contributed by atoms with Gasteiger partial charge < -0.3 is 35.4 Å². The second kappa shape index (κ2) is 10.9. The van der Waals surface area contributed by atoms with Crippen molar-refractivity contribution < 1.29 is 14.6 Å². The fourth-order valence-corrected chi connectivity index (χ4v) is 3.98. The van der Waals surface area contributed by atoms with Gasteiger partial charge in [0.05, 0.1) is 12.1 Å². The van der Waals surface area contributed by atoms with Crippen molar-refractivity contribution in [2.45, 2.75) is 13.2 Å². The molecule has 1 aromatic heterocycles. The minimum Gasteiger partial charge on any atom is -0.495 e. The second-order valence-electron chi connectivity index (χ2n) is 7.92. The van der Waals surface area contributed by atoms with Gasteiger partial charge in [-0.25, -0.2) is 4.98 Å². The van der Waals surface area contributed by atoms with E-state index in [1.165, 1.54) is 7.11 Å². The molecule has 0 saturated carbocycles. The zero-order valence-electron chi connectivity index (χ0n) is 19.4. The number of anilines is 5. The van der Waals surface area contributed by atoms with E-state index in [2.05, 4.69) is 30.8 Å². The Hall–Kier alpha value is -3.11. The molecule has 4 N–H and O–H groups in total. The predicted octanol–water partition coefficient (Wildman–Crippen LogP) is 3.98. The van der Waals surface area contributed by atoms with Crippen molar-refractivity contribution in [1.82, 2.24) is 15.3 Å². The third-order valence-corrected chi connectivity index (χ3v) is 5.93. The molecule has 1 saturated heterocycles. The van der Waals surface area contributed by atoms with Gasteiger partial charge in [-0.05, 0) is 37.3 Å². The summed E-state index contributed by atoms with van der Waals surface area (Å²) < 4.78 is 10.5. The highest BCUT2D eigenvalue weighted by Crippen LogP contribution is 2.32. The number of nitrogens with one attached hydrogen (secondary N) is 3. The first-order valence-electron chi connectivity index (χ1n) is 11.0. The van der Waals surface area contributed by atoms with Crippen LogP contribution in [0.4, 0.5) is 28.8 Å². The SMILES string of the molecule is COc1cc(Nc2nc(Nc3ccc(N4CCNCC4)c(C(O)OC)c3)ncc2C)ccc1Cl. The van der Waals surface area contributed by atoms with Crippen LogP contribution in [0.1, 0.15) is 17.4 Å². The first kappa shape index (κ1) is 24.0. The lowest BCUT2D eigenvalue weighted by Gasteiger charge is -2.32. The van der Waals surface area contributed by atoms with Crippen molar-refractivity contribution in [3.63, 3.8) is 0 Å². The normalized spacial score (nSPS) is 14.6. The molecule has 1 aliphatic heterocycles. The Balaban J connectivity index is 1.57. The smallest absolute Gasteiger partial charge is 0.229 e. The number of aliphatic hydroxyl groups excluding tert-OH is 1. The summed E-state index contributed by atoms with van der Waals surface area (Å²) in [5.41, 5.74) is 4.05. The average molecular weight is 485 g/mol. The number of benzene rings is 2. The Bertz CT molecular complexity index is 1140. The summed E-state index contributed by atoms with van der Waals surface area (Å²) >= 11 is 6.13. The third-order valence-electron chi connectivity index (χ3n) is 5.62. The lowest BCUT2D eigenvalue weighted by molar-refractivity contribution is -0.0765. The van der Waals surface area contributed by atoms with Gasteiger partial charge in [0.15, 0.2) is 6.29 Å². The summed E-state index contributed by atoms with van der Waals surface area (Å²) in [6, 6.07) is 11.2. The molecule has 0 bridgehead atoms. The van der Waals surface area contributed by atoms with E-state index in [1.54, 1.807) is 19.4 Å². The minimum absolute atomic E-state index is 0.418. The molecular weight excluding hydrogens is 456 g/mol. The topological polar surface area (TPSA) is 104 Å². The van der Waals surface area contributed by atoms with E-state index in [-0.39, 0.29) is 0 Å². The fraction of sp³-hybridized carbons (Fsp3) is 0.333. The minimum atomic E-state index is -1.04. The van der Waals surface area contributed by atoms with E-state index in [9.17, 15) is 5.11 Å². The molecular formula is C24H29ClN6O3. The molecule has 0 amide bonds. The van der Waals surface area contributed by atoms with Crippen LogP contribution in [-0.2, 0) is 4.74 Å². The number of aliphatic hydroxyl groups is 1. The van der Waals surface area contributed by atoms with Gasteiger partial charge in [0.2, 0.25) is 5.95 Å². The van der Waals surface area contributed by atoms with Gasteiger partial charge in [-0.2, -0.15) is 4.98 Å². The maximum absolute atomic E-state index is 10.5. The highest BCUT2D eigenvalue weighted by atomic mass is 35.5. The van der Waals surface area contributed by atoms with Gasteiger partial charge in [0.25, 0.3) is 0 Å². The molecule has 34 heavy (non-hydrogen) atoms. The van der Waals surface area contributed by atoms with Crippen molar-refractivity contribution >= 4 is 40.4 Å². The summed E-state index contributed by atoms with van der Waals surface area (Å²) in [6.07, 6.45) is 0.702. The number of hydrogen-bond donors (Lipinski definition) is 4. The van der Waals surface area contributed by atoms with Crippen LogP contribution in [-0.4, -0.2) is 55.5 Å². The number of rotatable bonds is 8. The molecule has 0 aliphatic carbocycles. The number of aromatic nitrogens is 2. The largest absolute Gasteiger partial charge is 0.495 e. The van der Waals surface area contributed by atoms with Gasteiger partial charge in [0, 0.05) is 73.7 Å². The maximum Gasteiger partial charge on any atom is 0.229 e. The number of methoxy groups -OCH3 is 2. The van der Waals surface area contributed by atoms with E-state index in [1.807, 2.05) is 37.3 Å². The Morgan fingerprint density at radius 2 is 1.82 bits per heavy atom. The van der Waals surface area contributed by atoms with Crippen LogP contribution in [0, 0.1) is 6.92 Å². The summed E-state index contributed by atoms with van der Waals surface area (Å²) in [5.74, 6) is 1.64. The summed E-state index contributed by atoms with van der Waals surface area (Å²) in [5, 5.41) is 20.9. The monoisotopic (exact) mass is 484 g/mol. The molecule has 10 heteroatoms.